The lowest BCUT2D eigenvalue weighted by Crippen LogP contribution is -2.51. The molecule has 0 spiro atoms. The number of carbonyl (C=O) groups excluding carboxylic acids is 1. The lowest BCUT2D eigenvalue weighted by Gasteiger charge is -2.42. The Labute approximate surface area is 137 Å². The molecule has 1 aromatic rings. The smallest absolute Gasteiger partial charge is 0.227 e. The maximum Gasteiger partial charge on any atom is 0.227 e. The predicted molar refractivity (Wildman–Crippen MR) is 88.8 cm³/mol. The highest BCUT2D eigenvalue weighted by molar-refractivity contribution is 6.30. The van der Waals surface area contributed by atoms with E-state index in [9.17, 15) is 4.79 Å². The first-order valence-corrected chi connectivity index (χ1v) is 7.85. The first kappa shape index (κ1) is 17.3. The Hall–Kier alpha value is -1.10. The number of carbonyl (C=O) groups is 1. The number of hydrogen-bond donors (Lipinski definition) is 2. The van der Waals surface area contributed by atoms with Gasteiger partial charge in [0.1, 0.15) is 6.73 Å². The number of amides is 1. The van der Waals surface area contributed by atoms with Crippen LogP contribution >= 0.6 is 11.6 Å². The third-order valence-corrected chi connectivity index (χ3v) is 5.37. The number of fused-ring (bicyclic) bond motifs is 2. The standard InChI is InChI=1S/C16H21ClN2O2.CH4/c1-19-12-6-7-14(19)15(16(21)18-9-20)13(8-12)10-2-4-11(17)5-3-10;/h2-5,12-15,20H,6-9H2,1H3,(H,18,21);1H4. The fraction of sp³-hybridized carbons (Fsp3) is 0.588. The number of benzene rings is 1. The first-order valence-electron chi connectivity index (χ1n) is 7.47. The van der Waals surface area contributed by atoms with Crippen molar-refractivity contribution in [1.82, 2.24) is 10.2 Å². The Morgan fingerprint density at radius 2 is 2.05 bits per heavy atom. The van der Waals surface area contributed by atoms with E-state index in [1.54, 1.807) is 0 Å². The molecule has 4 nitrogen and oxygen atoms in total. The van der Waals surface area contributed by atoms with Crippen LogP contribution < -0.4 is 5.32 Å². The molecule has 2 aliphatic heterocycles. The number of nitrogens with zero attached hydrogens (tertiary/aromatic N) is 1. The first-order chi connectivity index (χ1) is 10.1. The summed E-state index contributed by atoms with van der Waals surface area (Å²) in [5, 5.41) is 12.3. The molecule has 22 heavy (non-hydrogen) atoms. The third kappa shape index (κ3) is 3.00. The van der Waals surface area contributed by atoms with E-state index in [-0.39, 0.29) is 37.9 Å². The second kappa shape index (κ2) is 6.99. The van der Waals surface area contributed by atoms with E-state index in [1.807, 2.05) is 24.3 Å². The van der Waals surface area contributed by atoms with E-state index in [0.717, 1.165) is 19.3 Å². The van der Waals surface area contributed by atoms with Crippen LogP contribution in [0, 0.1) is 5.92 Å². The number of hydrogen-bond acceptors (Lipinski definition) is 3. The van der Waals surface area contributed by atoms with Gasteiger partial charge in [-0.25, -0.2) is 0 Å². The van der Waals surface area contributed by atoms with E-state index in [1.165, 1.54) is 5.56 Å². The number of aliphatic hydroxyl groups excluding tert-OH is 1. The van der Waals surface area contributed by atoms with Gasteiger partial charge in [0.2, 0.25) is 5.91 Å². The van der Waals surface area contributed by atoms with Crippen LogP contribution in [-0.4, -0.2) is 41.8 Å². The van der Waals surface area contributed by atoms with Gasteiger partial charge in [-0.15, -0.1) is 0 Å². The molecular weight excluding hydrogens is 300 g/mol. The normalized spacial score (nSPS) is 30.7. The summed E-state index contributed by atoms with van der Waals surface area (Å²) in [6.45, 7) is -0.303. The van der Waals surface area contributed by atoms with Crippen LogP contribution in [0.4, 0.5) is 0 Å². The lowest BCUT2D eigenvalue weighted by atomic mass is 9.75. The molecule has 2 N–H and O–H groups in total. The van der Waals surface area contributed by atoms with E-state index in [2.05, 4.69) is 17.3 Å². The van der Waals surface area contributed by atoms with Crippen LogP contribution in [0.2, 0.25) is 5.02 Å². The number of nitrogens with one attached hydrogen (secondary N) is 1. The summed E-state index contributed by atoms with van der Waals surface area (Å²) >= 11 is 5.97. The summed E-state index contributed by atoms with van der Waals surface area (Å²) in [4.78, 5) is 14.8. The molecule has 5 heteroatoms. The summed E-state index contributed by atoms with van der Waals surface area (Å²) < 4.78 is 0. The van der Waals surface area contributed by atoms with Gasteiger partial charge >= 0.3 is 0 Å². The van der Waals surface area contributed by atoms with Gasteiger partial charge in [0, 0.05) is 17.1 Å². The molecule has 4 unspecified atom stereocenters. The molecule has 2 saturated heterocycles. The van der Waals surface area contributed by atoms with E-state index in [0.29, 0.717) is 11.1 Å². The fourth-order valence-corrected chi connectivity index (χ4v) is 4.20. The Bertz CT molecular complexity index is 520. The second-order valence-electron chi connectivity index (χ2n) is 6.08. The molecule has 2 aliphatic rings. The van der Waals surface area contributed by atoms with Crippen molar-refractivity contribution >= 4 is 17.5 Å². The molecule has 0 aliphatic carbocycles. The largest absolute Gasteiger partial charge is 0.377 e. The Kier molecular flexibility index (Phi) is 5.48. The zero-order chi connectivity index (χ0) is 15.0. The summed E-state index contributed by atoms with van der Waals surface area (Å²) in [6.07, 6.45) is 3.18. The zero-order valence-electron chi connectivity index (χ0n) is 12.1. The van der Waals surface area contributed by atoms with Gasteiger partial charge in [-0.3, -0.25) is 9.69 Å². The van der Waals surface area contributed by atoms with Crippen LogP contribution in [0.25, 0.3) is 0 Å². The van der Waals surface area contributed by atoms with Crippen LogP contribution in [-0.2, 0) is 4.79 Å². The highest BCUT2D eigenvalue weighted by Gasteiger charge is 2.48. The quantitative estimate of drug-likeness (QED) is 0.840. The predicted octanol–water partition coefficient (Wildman–Crippen LogP) is 2.61. The minimum Gasteiger partial charge on any atom is -0.377 e. The van der Waals surface area contributed by atoms with Gasteiger partial charge in [0.25, 0.3) is 0 Å². The second-order valence-corrected chi connectivity index (χ2v) is 6.52. The Morgan fingerprint density at radius 1 is 1.36 bits per heavy atom. The third-order valence-electron chi connectivity index (χ3n) is 5.12. The highest BCUT2D eigenvalue weighted by atomic mass is 35.5. The number of aliphatic hydroxyl groups is 1. The van der Waals surface area contributed by atoms with Gasteiger partial charge in [0.05, 0.1) is 5.92 Å². The van der Waals surface area contributed by atoms with E-state index in [4.69, 9.17) is 16.7 Å². The molecule has 1 aromatic carbocycles. The molecule has 1 amide bonds. The number of halogens is 1. The molecule has 0 aromatic heterocycles. The van der Waals surface area contributed by atoms with Gasteiger partial charge in [-0.05, 0) is 49.9 Å². The molecule has 2 bridgehead atoms. The van der Waals surface area contributed by atoms with Crippen molar-refractivity contribution in [3.8, 4) is 0 Å². The van der Waals surface area contributed by atoms with Crippen molar-refractivity contribution in [3.05, 3.63) is 34.9 Å². The summed E-state index contributed by atoms with van der Waals surface area (Å²) in [7, 11) is 2.11. The molecule has 122 valence electrons. The molecule has 4 atom stereocenters. The lowest BCUT2D eigenvalue weighted by molar-refractivity contribution is -0.130. The van der Waals surface area contributed by atoms with Crippen LogP contribution in [0.3, 0.4) is 0 Å². The fourth-order valence-electron chi connectivity index (χ4n) is 4.07. The minimum absolute atomic E-state index is 0. The average Bonchev–Trinajstić information content (AvgIpc) is 2.72. The summed E-state index contributed by atoms with van der Waals surface area (Å²) in [5.41, 5.74) is 1.17. The van der Waals surface area contributed by atoms with Crippen molar-refractivity contribution in [1.29, 1.82) is 0 Å². The van der Waals surface area contributed by atoms with E-state index >= 15 is 0 Å². The Balaban J connectivity index is 0.00000176. The number of rotatable bonds is 3. The van der Waals surface area contributed by atoms with Gasteiger partial charge in [0.15, 0.2) is 0 Å². The summed E-state index contributed by atoms with van der Waals surface area (Å²) in [5.74, 6) is 0.0410. The molecule has 0 saturated carbocycles. The van der Waals surface area contributed by atoms with E-state index < -0.39 is 0 Å². The molecule has 3 rings (SSSR count). The maximum atomic E-state index is 12.5. The minimum atomic E-state index is -0.303. The van der Waals surface area contributed by atoms with Crippen LogP contribution in [0.15, 0.2) is 24.3 Å². The van der Waals surface area contributed by atoms with Crippen molar-refractivity contribution in [2.75, 3.05) is 13.8 Å². The van der Waals surface area contributed by atoms with Crippen molar-refractivity contribution < 1.29 is 9.90 Å². The maximum absolute atomic E-state index is 12.5. The van der Waals surface area contributed by atoms with Crippen molar-refractivity contribution in [2.24, 2.45) is 5.92 Å². The average molecular weight is 325 g/mol. The van der Waals surface area contributed by atoms with Gasteiger partial charge in [-0.2, -0.15) is 0 Å². The van der Waals surface area contributed by atoms with Gasteiger partial charge < -0.3 is 10.4 Å². The Morgan fingerprint density at radius 3 is 2.68 bits per heavy atom. The zero-order valence-corrected chi connectivity index (χ0v) is 12.9. The van der Waals surface area contributed by atoms with Crippen LogP contribution in [0.1, 0.15) is 38.2 Å². The van der Waals surface area contributed by atoms with Crippen molar-refractivity contribution in [2.45, 2.75) is 44.7 Å². The molecule has 0 radical (unpaired) electrons. The highest BCUT2D eigenvalue weighted by Crippen LogP contribution is 2.46. The summed E-state index contributed by atoms with van der Waals surface area (Å²) in [6, 6.07) is 8.63. The van der Waals surface area contributed by atoms with Crippen LogP contribution in [0.5, 0.6) is 0 Å². The monoisotopic (exact) mass is 324 g/mol. The van der Waals surface area contributed by atoms with Gasteiger partial charge in [-0.1, -0.05) is 31.2 Å². The van der Waals surface area contributed by atoms with Crippen molar-refractivity contribution in [3.63, 3.8) is 0 Å². The molecule has 2 heterocycles. The molecule has 2 fully saturated rings. The SMILES string of the molecule is C.CN1C2CCC1C(C(=O)NCO)C(c1ccc(Cl)cc1)C2. The number of piperidine rings is 1. The molecular formula is C17H25ClN2O2. The topological polar surface area (TPSA) is 52.6 Å².